The standard InChI is InChI=1S/C12H16FN3O2S/c1-7-11(15)16-12(2,6-19(7,17)18)9-5-8(14)3-4-10(9)13/h3-5,7H,6,14H2,1-2H3,(H2,15,16)/t7-,12+/m1/s1. The summed E-state index contributed by atoms with van der Waals surface area (Å²) in [5.41, 5.74) is 10.6. The van der Waals surface area contributed by atoms with Gasteiger partial charge in [-0.1, -0.05) is 0 Å². The van der Waals surface area contributed by atoms with Crippen LogP contribution in [0.5, 0.6) is 0 Å². The molecule has 0 fully saturated rings. The van der Waals surface area contributed by atoms with Crippen LogP contribution in [0.25, 0.3) is 0 Å². The highest BCUT2D eigenvalue weighted by atomic mass is 32.2. The molecule has 1 aliphatic heterocycles. The van der Waals surface area contributed by atoms with Crippen molar-refractivity contribution < 1.29 is 12.8 Å². The number of rotatable bonds is 1. The zero-order valence-electron chi connectivity index (χ0n) is 10.7. The Hall–Kier alpha value is -1.63. The largest absolute Gasteiger partial charge is 0.399 e. The lowest BCUT2D eigenvalue weighted by molar-refractivity contribution is 0.486. The minimum Gasteiger partial charge on any atom is -0.399 e. The molecule has 0 amide bonds. The molecule has 1 heterocycles. The van der Waals surface area contributed by atoms with E-state index in [1.807, 2.05) is 0 Å². The van der Waals surface area contributed by atoms with Crippen LogP contribution in [0, 0.1) is 5.82 Å². The van der Waals surface area contributed by atoms with Crippen molar-refractivity contribution >= 4 is 21.4 Å². The molecule has 0 radical (unpaired) electrons. The normalized spacial score (nSPS) is 29.8. The molecule has 2 rings (SSSR count). The van der Waals surface area contributed by atoms with E-state index in [4.69, 9.17) is 11.5 Å². The summed E-state index contributed by atoms with van der Waals surface area (Å²) in [5, 5.41) is -0.843. The van der Waals surface area contributed by atoms with Crippen LogP contribution in [0.4, 0.5) is 10.1 Å². The summed E-state index contributed by atoms with van der Waals surface area (Å²) in [6.45, 7) is 3.02. The number of nitrogens with zero attached hydrogens (tertiary/aromatic N) is 1. The molecule has 0 bridgehead atoms. The van der Waals surface area contributed by atoms with Gasteiger partial charge in [-0.15, -0.1) is 0 Å². The first-order valence-electron chi connectivity index (χ1n) is 5.78. The first-order valence-corrected chi connectivity index (χ1v) is 7.49. The molecule has 0 saturated carbocycles. The summed E-state index contributed by atoms with van der Waals surface area (Å²) in [4.78, 5) is 4.18. The molecule has 7 heteroatoms. The third-order valence-corrected chi connectivity index (χ3v) is 5.67. The predicted molar refractivity (Wildman–Crippen MR) is 73.0 cm³/mol. The fourth-order valence-electron chi connectivity index (χ4n) is 2.20. The van der Waals surface area contributed by atoms with Crippen molar-refractivity contribution in [2.24, 2.45) is 10.7 Å². The molecule has 1 aliphatic rings. The van der Waals surface area contributed by atoms with E-state index in [1.54, 1.807) is 6.92 Å². The average molecular weight is 285 g/mol. The topological polar surface area (TPSA) is 98.5 Å². The first-order chi connectivity index (χ1) is 8.66. The highest BCUT2D eigenvalue weighted by molar-refractivity contribution is 7.92. The summed E-state index contributed by atoms with van der Waals surface area (Å²) < 4.78 is 38.0. The zero-order valence-corrected chi connectivity index (χ0v) is 11.5. The quantitative estimate of drug-likeness (QED) is 0.745. The highest BCUT2D eigenvalue weighted by Gasteiger charge is 2.42. The number of hydrogen-bond acceptors (Lipinski definition) is 5. The van der Waals surface area contributed by atoms with Gasteiger partial charge in [-0.2, -0.15) is 0 Å². The molecule has 104 valence electrons. The molecular weight excluding hydrogens is 269 g/mol. The van der Waals surface area contributed by atoms with E-state index in [2.05, 4.69) is 4.99 Å². The third-order valence-electron chi connectivity index (χ3n) is 3.38. The number of aliphatic imine (C=N–C) groups is 1. The van der Waals surface area contributed by atoms with Gasteiger partial charge < -0.3 is 11.5 Å². The van der Waals surface area contributed by atoms with E-state index in [9.17, 15) is 12.8 Å². The van der Waals surface area contributed by atoms with Crippen molar-refractivity contribution in [1.29, 1.82) is 0 Å². The minimum atomic E-state index is -3.46. The number of anilines is 1. The summed E-state index contributed by atoms with van der Waals surface area (Å²) in [6.07, 6.45) is 0. The summed E-state index contributed by atoms with van der Waals surface area (Å²) in [5.74, 6) is -0.837. The lowest BCUT2D eigenvalue weighted by Gasteiger charge is -2.33. The predicted octanol–water partition coefficient (Wildman–Crippen LogP) is 0.797. The molecule has 0 saturated heterocycles. The van der Waals surface area contributed by atoms with Gasteiger partial charge in [0, 0.05) is 11.3 Å². The highest BCUT2D eigenvalue weighted by Crippen LogP contribution is 2.34. The van der Waals surface area contributed by atoms with Crippen molar-refractivity contribution in [3.63, 3.8) is 0 Å². The Bertz CT molecular complexity index is 657. The molecule has 0 spiro atoms. The fraction of sp³-hybridized carbons (Fsp3) is 0.417. The number of sulfone groups is 1. The van der Waals surface area contributed by atoms with Gasteiger partial charge in [0.2, 0.25) is 0 Å². The fourth-order valence-corrected chi connectivity index (χ4v) is 3.88. The van der Waals surface area contributed by atoms with Crippen molar-refractivity contribution in [2.75, 3.05) is 11.5 Å². The van der Waals surface area contributed by atoms with Crippen LogP contribution in [-0.4, -0.2) is 25.3 Å². The molecule has 0 unspecified atom stereocenters. The summed E-state index contributed by atoms with van der Waals surface area (Å²) in [6, 6.07) is 4.01. The second-order valence-electron chi connectivity index (χ2n) is 5.00. The zero-order chi connectivity index (χ0) is 14.4. The molecule has 2 atom stereocenters. The SMILES string of the molecule is C[C@@H]1C(N)=N[C@](C)(c2cc(N)ccc2F)CS1(=O)=O. The number of hydrogen-bond donors (Lipinski definition) is 2. The van der Waals surface area contributed by atoms with Gasteiger partial charge in [0.1, 0.15) is 22.4 Å². The minimum absolute atomic E-state index is 0.00410. The molecule has 0 aliphatic carbocycles. The van der Waals surface area contributed by atoms with Crippen LogP contribution in [-0.2, 0) is 15.4 Å². The van der Waals surface area contributed by atoms with E-state index in [0.717, 1.165) is 0 Å². The molecule has 1 aromatic rings. The monoisotopic (exact) mass is 285 g/mol. The molecule has 5 nitrogen and oxygen atoms in total. The van der Waals surface area contributed by atoms with E-state index in [0.29, 0.717) is 5.69 Å². The van der Waals surface area contributed by atoms with Gasteiger partial charge in [0.05, 0.1) is 5.75 Å². The number of nitrogens with two attached hydrogens (primary N) is 2. The van der Waals surface area contributed by atoms with E-state index < -0.39 is 26.4 Å². The van der Waals surface area contributed by atoms with Crippen LogP contribution < -0.4 is 11.5 Å². The van der Waals surface area contributed by atoms with Gasteiger partial charge in [0.15, 0.2) is 9.84 Å². The van der Waals surface area contributed by atoms with Gasteiger partial charge in [-0.25, -0.2) is 12.8 Å². The summed E-state index contributed by atoms with van der Waals surface area (Å²) >= 11 is 0. The van der Waals surface area contributed by atoms with Crippen LogP contribution >= 0.6 is 0 Å². The molecule has 1 aromatic carbocycles. The Balaban J connectivity index is 2.64. The maximum absolute atomic E-state index is 13.9. The molecule has 4 N–H and O–H groups in total. The van der Waals surface area contributed by atoms with Crippen LogP contribution in [0.2, 0.25) is 0 Å². The molecular formula is C12H16FN3O2S. The van der Waals surface area contributed by atoms with E-state index in [-0.39, 0.29) is 17.2 Å². The van der Waals surface area contributed by atoms with Gasteiger partial charge >= 0.3 is 0 Å². The Kier molecular flexibility index (Phi) is 3.04. The lowest BCUT2D eigenvalue weighted by Crippen LogP contribution is -2.47. The number of benzene rings is 1. The first kappa shape index (κ1) is 13.8. The second-order valence-corrected chi connectivity index (χ2v) is 7.32. The lowest BCUT2D eigenvalue weighted by atomic mass is 9.93. The van der Waals surface area contributed by atoms with Crippen molar-refractivity contribution in [3.05, 3.63) is 29.6 Å². The van der Waals surface area contributed by atoms with Gasteiger partial charge in [-0.05, 0) is 32.0 Å². The van der Waals surface area contributed by atoms with E-state index >= 15 is 0 Å². The maximum atomic E-state index is 13.9. The molecule has 0 aromatic heterocycles. The van der Waals surface area contributed by atoms with Crippen LogP contribution in [0.3, 0.4) is 0 Å². The number of nitrogen functional groups attached to an aromatic ring is 1. The van der Waals surface area contributed by atoms with Crippen molar-refractivity contribution in [1.82, 2.24) is 0 Å². The van der Waals surface area contributed by atoms with Crippen LogP contribution in [0.1, 0.15) is 19.4 Å². The average Bonchev–Trinajstić information content (AvgIpc) is 2.28. The Morgan fingerprint density at radius 3 is 2.63 bits per heavy atom. The summed E-state index contributed by atoms with van der Waals surface area (Å²) in [7, 11) is -3.46. The van der Waals surface area contributed by atoms with Crippen LogP contribution in [0.15, 0.2) is 23.2 Å². The third kappa shape index (κ3) is 2.30. The van der Waals surface area contributed by atoms with Crippen molar-refractivity contribution in [3.8, 4) is 0 Å². The number of halogens is 1. The second kappa shape index (κ2) is 4.19. The Morgan fingerprint density at radius 1 is 1.42 bits per heavy atom. The van der Waals surface area contributed by atoms with Gasteiger partial charge in [0.25, 0.3) is 0 Å². The maximum Gasteiger partial charge on any atom is 0.162 e. The van der Waals surface area contributed by atoms with Gasteiger partial charge in [-0.3, -0.25) is 4.99 Å². The number of amidine groups is 1. The van der Waals surface area contributed by atoms with E-state index in [1.165, 1.54) is 25.1 Å². The van der Waals surface area contributed by atoms with Crippen molar-refractivity contribution in [2.45, 2.75) is 24.6 Å². The molecule has 19 heavy (non-hydrogen) atoms. The smallest absolute Gasteiger partial charge is 0.162 e. The Morgan fingerprint density at radius 2 is 2.05 bits per heavy atom. The Labute approximate surface area is 111 Å².